The SMILES string of the molecule is Cc1ccc([C@@]2(C)NC(=O)N(CC(=O)OCC(=O)N(C)C)C2=O)cc1. The number of ether oxygens (including phenoxy) is 1. The Hall–Kier alpha value is -2.90. The normalized spacial score (nSPS) is 19.6. The van der Waals surface area contributed by atoms with Gasteiger partial charge < -0.3 is 15.0 Å². The van der Waals surface area contributed by atoms with Crippen LogP contribution in [0.5, 0.6) is 0 Å². The first kappa shape index (κ1) is 18.4. The lowest BCUT2D eigenvalue weighted by atomic mass is 9.91. The Bertz CT molecular complexity index is 713. The average Bonchev–Trinajstić information content (AvgIpc) is 2.77. The smallest absolute Gasteiger partial charge is 0.326 e. The molecule has 25 heavy (non-hydrogen) atoms. The molecule has 0 bridgehead atoms. The van der Waals surface area contributed by atoms with Crippen LogP contribution in [0.25, 0.3) is 0 Å². The van der Waals surface area contributed by atoms with Crippen molar-refractivity contribution in [1.82, 2.24) is 15.1 Å². The van der Waals surface area contributed by atoms with Crippen molar-refractivity contribution in [3.8, 4) is 0 Å². The molecule has 0 aliphatic carbocycles. The van der Waals surface area contributed by atoms with Gasteiger partial charge in [-0.05, 0) is 19.4 Å². The second kappa shape index (κ2) is 6.92. The number of nitrogens with zero attached hydrogens (tertiary/aromatic N) is 2. The van der Waals surface area contributed by atoms with Gasteiger partial charge in [0.05, 0.1) is 0 Å². The molecule has 2 rings (SSSR count). The molecule has 1 saturated heterocycles. The number of amides is 4. The minimum absolute atomic E-state index is 0.393. The molecule has 4 amide bonds. The summed E-state index contributed by atoms with van der Waals surface area (Å²) in [5.41, 5.74) is 0.398. The molecular weight excluding hydrogens is 326 g/mol. The number of likely N-dealkylation sites (N-methyl/N-ethyl adjacent to an activating group) is 1. The first-order chi connectivity index (χ1) is 11.6. The number of imide groups is 1. The standard InChI is InChI=1S/C17H21N3O5/c1-11-5-7-12(8-6-11)17(2)15(23)20(16(24)18-17)9-14(22)25-10-13(21)19(3)4/h5-8H,9-10H2,1-4H3,(H,18,24)/t17-/m1/s1. The van der Waals surface area contributed by atoms with Crippen LogP contribution >= 0.6 is 0 Å². The van der Waals surface area contributed by atoms with Gasteiger partial charge in [-0.2, -0.15) is 0 Å². The molecule has 1 aromatic rings. The first-order valence-electron chi connectivity index (χ1n) is 7.72. The Morgan fingerprint density at radius 3 is 2.36 bits per heavy atom. The lowest BCUT2D eigenvalue weighted by Gasteiger charge is -2.22. The highest BCUT2D eigenvalue weighted by atomic mass is 16.5. The van der Waals surface area contributed by atoms with Crippen LogP contribution in [0.4, 0.5) is 4.79 Å². The molecule has 0 radical (unpaired) electrons. The van der Waals surface area contributed by atoms with E-state index in [-0.39, 0.29) is 0 Å². The summed E-state index contributed by atoms with van der Waals surface area (Å²) in [5.74, 6) is -1.76. The third-order valence-electron chi connectivity index (χ3n) is 4.05. The minimum atomic E-state index is -1.25. The van der Waals surface area contributed by atoms with Crippen LogP contribution in [0.1, 0.15) is 18.1 Å². The van der Waals surface area contributed by atoms with Gasteiger partial charge in [0.25, 0.3) is 11.8 Å². The fourth-order valence-corrected chi connectivity index (χ4v) is 2.37. The van der Waals surface area contributed by atoms with Crippen LogP contribution in [0.15, 0.2) is 24.3 Å². The third kappa shape index (κ3) is 3.78. The quantitative estimate of drug-likeness (QED) is 0.614. The highest BCUT2D eigenvalue weighted by Crippen LogP contribution is 2.28. The van der Waals surface area contributed by atoms with Crippen LogP contribution in [0.3, 0.4) is 0 Å². The van der Waals surface area contributed by atoms with E-state index >= 15 is 0 Å². The zero-order valence-electron chi connectivity index (χ0n) is 14.7. The van der Waals surface area contributed by atoms with Gasteiger partial charge in [-0.1, -0.05) is 29.8 Å². The van der Waals surface area contributed by atoms with Crippen LogP contribution in [-0.4, -0.2) is 60.9 Å². The van der Waals surface area contributed by atoms with Crippen molar-refractivity contribution in [2.75, 3.05) is 27.2 Å². The van der Waals surface area contributed by atoms with Crippen molar-refractivity contribution < 1.29 is 23.9 Å². The van der Waals surface area contributed by atoms with E-state index in [0.717, 1.165) is 10.5 Å². The van der Waals surface area contributed by atoms with Crippen LogP contribution in [0.2, 0.25) is 0 Å². The van der Waals surface area contributed by atoms with Crippen molar-refractivity contribution in [2.24, 2.45) is 0 Å². The number of carbonyl (C=O) groups is 4. The summed E-state index contributed by atoms with van der Waals surface area (Å²) in [4.78, 5) is 50.1. The molecule has 8 nitrogen and oxygen atoms in total. The number of nitrogens with one attached hydrogen (secondary N) is 1. The fourth-order valence-electron chi connectivity index (χ4n) is 2.37. The van der Waals surface area contributed by atoms with Crippen molar-refractivity contribution in [1.29, 1.82) is 0 Å². The number of hydrogen-bond donors (Lipinski definition) is 1. The van der Waals surface area contributed by atoms with E-state index in [2.05, 4.69) is 5.32 Å². The van der Waals surface area contributed by atoms with E-state index < -0.39 is 42.5 Å². The Balaban J connectivity index is 2.07. The number of esters is 1. The van der Waals surface area contributed by atoms with Gasteiger partial charge in [0.15, 0.2) is 6.61 Å². The van der Waals surface area contributed by atoms with E-state index in [1.54, 1.807) is 19.1 Å². The molecule has 0 unspecified atom stereocenters. The summed E-state index contributed by atoms with van der Waals surface area (Å²) in [6, 6.07) is 6.51. The number of carbonyl (C=O) groups excluding carboxylic acids is 4. The maximum atomic E-state index is 12.7. The summed E-state index contributed by atoms with van der Waals surface area (Å²) < 4.78 is 4.81. The van der Waals surface area contributed by atoms with E-state index in [1.165, 1.54) is 19.0 Å². The van der Waals surface area contributed by atoms with Crippen LogP contribution < -0.4 is 5.32 Å². The molecule has 0 spiro atoms. The average molecular weight is 347 g/mol. The van der Waals surface area contributed by atoms with E-state index in [0.29, 0.717) is 5.56 Å². The third-order valence-corrected chi connectivity index (χ3v) is 4.05. The topological polar surface area (TPSA) is 96.0 Å². The number of aryl methyl sites for hydroxylation is 1. The second-order valence-electron chi connectivity index (χ2n) is 6.26. The Kier molecular flexibility index (Phi) is 5.10. The van der Waals surface area contributed by atoms with E-state index in [4.69, 9.17) is 4.74 Å². The van der Waals surface area contributed by atoms with Gasteiger partial charge in [-0.25, -0.2) is 4.79 Å². The summed E-state index contributed by atoms with van der Waals surface area (Å²) in [5, 5.41) is 2.61. The Labute approximate surface area is 145 Å². The molecule has 0 aromatic heterocycles. The lowest BCUT2D eigenvalue weighted by Crippen LogP contribution is -2.42. The predicted molar refractivity (Wildman–Crippen MR) is 88.4 cm³/mol. The molecule has 1 aromatic carbocycles. The fraction of sp³-hybridized carbons (Fsp3) is 0.412. The molecule has 0 saturated carbocycles. The van der Waals surface area contributed by atoms with E-state index in [9.17, 15) is 19.2 Å². The molecule has 1 fully saturated rings. The first-order valence-corrected chi connectivity index (χ1v) is 7.72. The van der Waals surface area contributed by atoms with Gasteiger partial charge in [0, 0.05) is 14.1 Å². The molecule has 134 valence electrons. The molecule has 8 heteroatoms. The van der Waals surface area contributed by atoms with Crippen molar-refractivity contribution in [3.05, 3.63) is 35.4 Å². The van der Waals surface area contributed by atoms with Gasteiger partial charge >= 0.3 is 12.0 Å². The van der Waals surface area contributed by atoms with Gasteiger partial charge in [-0.3, -0.25) is 19.3 Å². The molecule has 1 aliphatic heterocycles. The highest BCUT2D eigenvalue weighted by molar-refractivity contribution is 6.08. The zero-order valence-corrected chi connectivity index (χ0v) is 14.7. The zero-order chi connectivity index (χ0) is 18.8. The summed E-state index contributed by atoms with van der Waals surface area (Å²) in [7, 11) is 3.06. The van der Waals surface area contributed by atoms with Crippen molar-refractivity contribution in [2.45, 2.75) is 19.4 Å². The summed E-state index contributed by atoms with van der Waals surface area (Å²) >= 11 is 0. The van der Waals surface area contributed by atoms with Crippen molar-refractivity contribution in [3.63, 3.8) is 0 Å². The van der Waals surface area contributed by atoms with Gasteiger partial charge in [0.2, 0.25) is 0 Å². The van der Waals surface area contributed by atoms with Crippen molar-refractivity contribution >= 4 is 23.8 Å². The maximum Gasteiger partial charge on any atom is 0.326 e. The minimum Gasteiger partial charge on any atom is -0.454 e. The van der Waals surface area contributed by atoms with Gasteiger partial charge in [0.1, 0.15) is 12.1 Å². The largest absolute Gasteiger partial charge is 0.454 e. The van der Waals surface area contributed by atoms with E-state index in [1.807, 2.05) is 19.1 Å². The summed E-state index contributed by atoms with van der Waals surface area (Å²) in [6.07, 6.45) is 0. The molecular formula is C17H21N3O5. The highest BCUT2D eigenvalue weighted by Gasteiger charge is 2.49. The summed E-state index contributed by atoms with van der Waals surface area (Å²) in [6.45, 7) is 2.51. The molecule has 1 N–H and O–H groups in total. The predicted octanol–water partition coefficient (Wildman–Crippen LogP) is 0.393. The number of benzene rings is 1. The molecule has 1 aliphatic rings. The second-order valence-corrected chi connectivity index (χ2v) is 6.26. The Morgan fingerprint density at radius 2 is 1.80 bits per heavy atom. The van der Waals surface area contributed by atoms with Crippen LogP contribution in [0, 0.1) is 6.92 Å². The lowest BCUT2D eigenvalue weighted by molar-refractivity contribution is -0.153. The monoisotopic (exact) mass is 347 g/mol. The molecule has 1 heterocycles. The maximum absolute atomic E-state index is 12.7. The number of rotatable bonds is 5. The molecule has 1 atom stereocenters. The number of hydrogen-bond acceptors (Lipinski definition) is 5. The van der Waals surface area contributed by atoms with Crippen LogP contribution in [-0.2, 0) is 24.7 Å². The van der Waals surface area contributed by atoms with Gasteiger partial charge in [-0.15, -0.1) is 0 Å². The number of urea groups is 1. The Morgan fingerprint density at radius 1 is 1.20 bits per heavy atom.